The Hall–Kier alpha value is -2.91. The lowest BCUT2D eigenvalue weighted by Gasteiger charge is -2.03. The second-order valence-corrected chi connectivity index (χ2v) is 5.22. The van der Waals surface area contributed by atoms with E-state index in [1.54, 1.807) is 42.3 Å². The summed E-state index contributed by atoms with van der Waals surface area (Å²) >= 11 is 5.83. The topological polar surface area (TPSA) is 65.6 Å². The van der Waals surface area contributed by atoms with E-state index in [1.165, 1.54) is 10.7 Å². The molecule has 0 saturated heterocycles. The largest absolute Gasteiger partial charge is 0.301 e. The fourth-order valence-corrected chi connectivity index (χ4v) is 2.18. The van der Waals surface area contributed by atoms with E-state index < -0.39 is 0 Å². The first-order chi connectivity index (χ1) is 11.0. The molecule has 23 heavy (non-hydrogen) atoms. The third kappa shape index (κ3) is 3.30. The molecule has 3 rings (SSSR count). The lowest BCUT2D eigenvalue weighted by atomic mass is 10.2. The molecule has 0 aliphatic heterocycles. The molecule has 0 bridgehead atoms. The number of rotatable bonds is 1. The van der Waals surface area contributed by atoms with Crippen molar-refractivity contribution < 1.29 is 0 Å². The van der Waals surface area contributed by atoms with Crippen molar-refractivity contribution in [2.24, 2.45) is 7.05 Å². The van der Waals surface area contributed by atoms with Crippen LogP contribution in [0.15, 0.2) is 41.6 Å². The van der Waals surface area contributed by atoms with E-state index in [0.717, 1.165) is 11.4 Å². The number of hydrogen-bond acceptors (Lipinski definition) is 4. The Labute approximate surface area is 137 Å². The highest BCUT2D eigenvalue weighted by Crippen LogP contribution is 2.10. The van der Waals surface area contributed by atoms with E-state index in [4.69, 9.17) is 11.6 Å². The smallest absolute Gasteiger partial charge is 0.268 e. The van der Waals surface area contributed by atoms with Crippen molar-refractivity contribution in [1.29, 1.82) is 0 Å². The quantitative estimate of drug-likeness (QED) is 0.505. The predicted octanol–water partition coefficient (Wildman–Crippen LogP) is 1.72. The Morgan fingerprint density at radius 1 is 1.26 bits per heavy atom. The van der Waals surface area contributed by atoms with Gasteiger partial charge in [-0.25, -0.2) is 14.6 Å². The summed E-state index contributed by atoms with van der Waals surface area (Å²) in [6, 6.07) is 4.96. The molecule has 0 unspecified atom stereocenters. The van der Waals surface area contributed by atoms with Crippen molar-refractivity contribution in [2.75, 3.05) is 0 Å². The first-order valence-corrected chi connectivity index (χ1v) is 7.14. The third-order valence-electron chi connectivity index (χ3n) is 3.18. The van der Waals surface area contributed by atoms with Gasteiger partial charge in [0.2, 0.25) is 0 Å². The lowest BCUT2D eigenvalue weighted by Crippen LogP contribution is -2.19. The minimum Gasteiger partial charge on any atom is -0.301 e. The van der Waals surface area contributed by atoms with Gasteiger partial charge in [0.1, 0.15) is 16.7 Å². The van der Waals surface area contributed by atoms with Crippen LogP contribution in [-0.4, -0.2) is 24.3 Å². The molecule has 6 nitrogen and oxygen atoms in total. The molecular weight excluding hydrogens is 314 g/mol. The van der Waals surface area contributed by atoms with Crippen LogP contribution in [0.5, 0.6) is 0 Å². The molecule has 7 heteroatoms. The molecule has 0 atom stereocenters. The highest BCUT2D eigenvalue weighted by molar-refractivity contribution is 6.29. The van der Waals surface area contributed by atoms with E-state index in [2.05, 4.69) is 26.9 Å². The average Bonchev–Trinajstić information content (AvgIpc) is 2.89. The van der Waals surface area contributed by atoms with Crippen molar-refractivity contribution in [3.05, 3.63) is 69.4 Å². The number of pyridine rings is 1. The molecule has 0 amide bonds. The summed E-state index contributed by atoms with van der Waals surface area (Å²) in [4.78, 5) is 20.0. The van der Waals surface area contributed by atoms with Crippen LogP contribution in [0.25, 0.3) is 5.69 Å². The zero-order chi connectivity index (χ0) is 16.4. The summed E-state index contributed by atoms with van der Waals surface area (Å²) in [5, 5.41) is 4.40. The number of aromatic nitrogens is 5. The van der Waals surface area contributed by atoms with Crippen LogP contribution >= 0.6 is 11.6 Å². The molecule has 3 aromatic heterocycles. The molecule has 0 radical (unpaired) electrons. The highest BCUT2D eigenvalue weighted by Gasteiger charge is 2.06. The highest BCUT2D eigenvalue weighted by atomic mass is 35.5. The van der Waals surface area contributed by atoms with Crippen LogP contribution in [0.1, 0.15) is 17.1 Å². The molecular formula is C16H12ClN5O. The van der Waals surface area contributed by atoms with Crippen molar-refractivity contribution in [3.63, 3.8) is 0 Å². The number of aryl methyl sites for hydroxylation is 2. The maximum absolute atomic E-state index is 11.7. The summed E-state index contributed by atoms with van der Waals surface area (Å²) in [5.41, 5.74) is 1.82. The molecule has 0 N–H and O–H groups in total. The van der Waals surface area contributed by atoms with Crippen LogP contribution in [0.3, 0.4) is 0 Å². The molecule has 0 fully saturated rings. The molecule has 0 aliphatic carbocycles. The van der Waals surface area contributed by atoms with Gasteiger partial charge in [0.25, 0.3) is 5.56 Å². The third-order valence-corrected chi connectivity index (χ3v) is 3.38. The van der Waals surface area contributed by atoms with Gasteiger partial charge in [-0.05, 0) is 25.0 Å². The van der Waals surface area contributed by atoms with Gasteiger partial charge in [-0.2, -0.15) is 5.10 Å². The maximum atomic E-state index is 11.7. The minimum absolute atomic E-state index is 0.185. The summed E-state index contributed by atoms with van der Waals surface area (Å²) in [5.74, 6) is 6.68. The van der Waals surface area contributed by atoms with Gasteiger partial charge >= 0.3 is 0 Å². The van der Waals surface area contributed by atoms with Crippen LogP contribution in [0.4, 0.5) is 0 Å². The number of halogens is 1. The molecule has 3 aromatic rings. The molecule has 0 spiro atoms. The van der Waals surface area contributed by atoms with Crippen LogP contribution in [-0.2, 0) is 7.05 Å². The Balaban J connectivity index is 1.95. The van der Waals surface area contributed by atoms with E-state index in [9.17, 15) is 4.79 Å². The van der Waals surface area contributed by atoms with E-state index in [0.29, 0.717) is 16.5 Å². The Kier molecular flexibility index (Phi) is 3.96. The Morgan fingerprint density at radius 3 is 2.83 bits per heavy atom. The number of imidazole rings is 1. The van der Waals surface area contributed by atoms with Crippen LogP contribution in [0.2, 0.25) is 5.15 Å². The van der Waals surface area contributed by atoms with Crippen molar-refractivity contribution in [1.82, 2.24) is 24.3 Å². The van der Waals surface area contributed by atoms with E-state index in [-0.39, 0.29) is 5.56 Å². The van der Waals surface area contributed by atoms with Gasteiger partial charge in [0, 0.05) is 31.1 Å². The van der Waals surface area contributed by atoms with E-state index in [1.807, 2.05) is 6.92 Å². The standard InChI is InChI=1S/C16H12ClN5O/c1-11-20-13(4-3-12-5-6-18-15(17)7-12)10-22(11)14-8-16(23)21(2)19-9-14/h5-10H,1-2H3. The van der Waals surface area contributed by atoms with Gasteiger partial charge in [-0.15, -0.1) is 0 Å². The normalized spacial score (nSPS) is 10.2. The lowest BCUT2D eigenvalue weighted by molar-refractivity contribution is 0.701. The maximum Gasteiger partial charge on any atom is 0.268 e. The molecule has 0 aliphatic rings. The SMILES string of the molecule is Cc1nc(C#Cc2ccnc(Cl)c2)cn1-c1cnn(C)c(=O)c1. The predicted molar refractivity (Wildman–Crippen MR) is 86.6 cm³/mol. The van der Waals surface area contributed by atoms with Crippen LogP contribution in [0, 0.1) is 18.8 Å². The summed E-state index contributed by atoms with van der Waals surface area (Å²) in [6.45, 7) is 1.84. The molecule has 0 saturated carbocycles. The van der Waals surface area contributed by atoms with Gasteiger partial charge in [-0.3, -0.25) is 4.79 Å². The average molecular weight is 326 g/mol. The van der Waals surface area contributed by atoms with Crippen molar-refractivity contribution in [2.45, 2.75) is 6.92 Å². The zero-order valence-corrected chi connectivity index (χ0v) is 13.2. The Bertz CT molecular complexity index is 993. The monoisotopic (exact) mass is 325 g/mol. The first kappa shape index (κ1) is 15.0. The first-order valence-electron chi connectivity index (χ1n) is 6.76. The Morgan fingerprint density at radius 2 is 2.09 bits per heavy atom. The van der Waals surface area contributed by atoms with Crippen molar-refractivity contribution in [3.8, 4) is 17.5 Å². The fraction of sp³-hybridized carbons (Fsp3) is 0.125. The van der Waals surface area contributed by atoms with Crippen LogP contribution < -0.4 is 5.56 Å². The second kappa shape index (κ2) is 6.07. The summed E-state index contributed by atoms with van der Waals surface area (Å²) in [6.07, 6.45) is 4.97. The molecule has 0 aromatic carbocycles. The zero-order valence-electron chi connectivity index (χ0n) is 12.5. The van der Waals surface area contributed by atoms with Gasteiger partial charge in [0.05, 0.1) is 11.9 Å². The minimum atomic E-state index is -0.185. The molecule has 3 heterocycles. The fourth-order valence-electron chi connectivity index (χ4n) is 2.00. The number of nitrogens with zero attached hydrogens (tertiary/aromatic N) is 5. The molecule has 114 valence electrons. The van der Waals surface area contributed by atoms with E-state index >= 15 is 0 Å². The van der Waals surface area contributed by atoms with Gasteiger partial charge in [-0.1, -0.05) is 17.5 Å². The van der Waals surface area contributed by atoms with Gasteiger partial charge in [0.15, 0.2) is 0 Å². The summed E-state index contributed by atoms with van der Waals surface area (Å²) in [7, 11) is 1.60. The van der Waals surface area contributed by atoms with Crippen molar-refractivity contribution >= 4 is 11.6 Å². The number of hydrogen-bond donors (Lipinski definition) is 0. The summed E-state index contributed by atoms with van der Waals surface area (Å²) < 4.78 is 3.04. The second-order valence-electron chi connectivity index (χ2n) is 4.84. The van der Waals surface area contributed by atoms with Gasteiger partial charge < -0.3 is 4.57 Å².